The van der Waals surface area contributed by atoms with Crippen LogP contribution >= 0.6 is 0 Å². The Balaban J connectivity index is 0.880. The van der Waals surface area contributed by atoms with Gasteiger partial charge in [-0.05, 0) is 102 Å². The topological polar surface area (TPSA) is 49.9 Å². The lowest BCUT2D eigenvalue weighted by Gasteiger charge is -2.23. The average molecular weight is 780 g/mol. The lowest BCUT2D eigenvalue weighted by molar-refractivity contribution is 0.673. The molecule has 1 atom stereocenters. The molecule has 4 heteroatoms. The molecule has 286 valence electrons. The van der Waals surface area contributed by atoms with E-state index in [-0.39, 0.29) is 6.17 Å². The van der Waals surface area contributed by atoms with Crippen LogP contribution < -0.4 is 5.32 Å². The molecule has 1 aliphatic heterocycles. The molecule has 2 heterocycles. The first-order valence-corrected chi connectivity index (χ1v) is 20.7. The smallest absolute Gasteiger partial charge is 0.159 e. The van der Waals surface area contributed by atoms with Gasteiger partial charge in [0.25, 0.3) is 0 Å². The van der Waals surface area contributed by atoms with E-state index in [0.29, 0.717) is 0 Å². The molecule has 1 N–H and O–H groups in total. The minimum atomic E-state index is -0.237. The Kier molecular flexibility index (Phi) is 8.20. The highest BCUT2D eigenvalue weighted by Crippen LogP contribution is 2.43. The van der Waals surface area contributed by atoms with Gasteiger partial charge in [0, 0.05) is 27.3 Å². The van der Waals surface area contributed by atoms with E-state index in [2.05, 4.69) is 181 Å². The van der Waals surface area contributed by atoms with Crippen molar-refractivity contribution in [3.63, 3.8) is 0 Å². The zero-order chi connectivity index (χ0) is 40.3. The van der Waals surface area contributed by atoms with Crippen molar-refractivity contribution in [1.29, 1.82) is 0 Å². The van der Waals surface area contributed by atoms with Gasteiger partial charge in [-0.25, -0.2) is 9.98 Å². The van der Waals surface area contributed by atoms with Gasteiger partial charge in [-0.15, -0.1) is 0 Å². The summed E-state index contributed by atoms with van der Waals surface area (Å²) in [5.74, 6) is 1.53. The number of nitrogens with one attached hydrogen (secondary N) is 1. The van der Waals surface area contributed by atoms with Crippen LogP contribution in [-0.4, -0.2) is 11.7 Å². The number of benzene rings is 10. The molecular weight excluding hydrogens is 743 g/mol. The number of nitrogens with zero attached hydrogens (tertiary/aromatic N) is 2. The van der Waals surface area contributed by atoms with Gasteiger partial charge in [0.1, 0.15) is 23.2 Å². The van der Waals surface area contributed by atoms with Crippen LogP contribution in [0.2, 0.25) is 0 Å². The number of hydrogen-bond acceptors (Lipinski definition) is 4. The van der Waals surface area contributed by atoms with E-state index in [1.54, 1.807) is 0 Å². The van der Waals surface area contributed by atoms with Crippen molar-refractivity contribution >= 4 is 65.9 Å². The first-order chi connectivity index (χ1) is 30.2. The third kappa shape index (κ3) is 6.16. The van der Waals surface area contributed by atoms with Crippen LogP contribution in [-0.2, 0) is 0 Å². The highest BCUT2D eigenvalue weighted by Gasteiger charge is 2.22. The molecule has 1 aromatic heterocycles. The summed E-state index contributed by atoms with van der Waals surface area (Å²) in [5.41, 5.74) is 12.0. The molecule has 0 aliphatic carbocycles. The van der Waals surface area contributed by atoms with Gasteiger partial charge in [-0.3, -0.25) is 0 Å². The molecule has 4 nitrogen and oxygen atoms in total. The summed E-state index contributed by atoms with van der Waals surface area (Å²) >= 11 is 0. The Morgan fingerprint density at radius 2 is 0.951 bits per heavy atom. The van der Waals surface area contributed by atoms with Crippen LogP contribution in [0.3, 0.4) is 0 Å². The molecule has 1 unspecified atom stereocenters. The molecule has 0 saturated heterocycles. The van der Waals surface area contributed by atoms with E-state index < -0.39 is 0 Å². The molecule has 0 saturated carbocycles. The SMILES string of the molecule is c1ccc(C2=NC(c3ccccc3)NC(c3ccc4cc(-c5ccc6cc(-c7cccc8oc9c%10ccccc%10c(-c%10ccccc%10)cc9c78)ccc6c5)ccc4c3)=N2)cc1. The zero-order valence-electron chi connectivity index (χ0n) is 33.1. The molecular formula is C57H37N3O. The summed E-state index contributed by atoms with van der Waals surface area (Å²) in [4.78, 5) is 10.0. The fourth-order valence-electron chi connectivity index (χ4n) is 9.03. The summed E-state index contributed by atoms with van der Waals surface area (Å²) in [6.45, 7) is 0. The zero-order valence-corrected chi connectivity index (χ0v) is 33.1. The molecule has 61 heavy (non-hydrogen) atoms. The number of hydrogen-bond donors (Lipinski definition) is 1. The maximum Gasteiger partial charge on any atom is 0.159 e. The Morgan fingerprint density at radius 3 is 1.64 bits per heavy atom. The number of amidine groups is 2. The van der Waals surface area contributed by atoms with E-state index >= 15 is 0 Å². The average Bonchev–Trinajstić information content (AvgIpc) is 3.73. The Labute approximate surface area is 352 Å². The van der Waals surface area contributed by atoms with Gasteiger partial charge in [0.15, 0.2) is 5.84 Å². The Bertz CT molecular complexity index is 3550. The first-order valence-electron chi connectivity index (χ1n) is 20.7. The normalized spacial score (nSPS) is 14.1. The van der Waals surface area contributed by atoms with Crippen molar-refractivity contribution in [2.45, 2.75) is 6.17 Å². The summed E-state index contributed by atoms with van der Waals surface area (Å²) in [6.07, 6.45) is -0.237. The second-order valence-corrected chi connectivity index (χ2v) is 15.8. The van der Waals surface area contributed by atoms with Crippen molar-refractivity contribution in [3.8, 4) is 33.4 Å². The standard InChI is InChI=1S/C57H37N3O/c1-4-13-36(14-5-1)50-35-51-53-47(21-12-22-52(53)61-54(51)49-20-11-10-19-48(49)50)45-29-27-41-31-39(23-25-43(41)33-45)40-24-26-44-34-46(30-28-42(44)32-40)57-59-55(37-15-6-2-7-16-37)58-56(60-57)38-17-8-3-9-18-38/h1-35,55H,(H,58,59,60). The summed E-state index contributed by atoms with van der Waals surface area (Å²) in [7, 11) is 0. The molecule has 0 fully saturated rings. The van der Waals surface area contributed by atoms with Crippen molar-refractivity contribution in [3.05, 3.63) is 229 Å². The van der Waals surface area contributed by atoms with Gasteiger partial charge in [-0.2, -0.15) is 0 Å². The summed E-state index contributed by atoms with van der Waals surface area (Å²) in [5, 5.41) is 12.9. The fourth-order valence-corrected chi connectivity index (χ4v) is 9.03. The Hall–Kier alpha value is -8.08. The molecule has 0 radical (unpaired) electrons. The monoisotopic (exact) mass is 779 g/mol. The number of rotatable bonds is 6. The van der Waals surface area contributed by atoms with Crippen LogP contribution in [0.15, 0.2) is 227 Å². The van der Waals surface area contributed by atoms with Gasteiger partial charge >= 0.3 is 0 Å². The van der Waals surface area contributed by atoms with Gasteiger partial charge in [0.2, 0.25) is 0 Å². The first kappa shape index (κ1) is 34.9. The fraction of sp³-hybridized carbons (Fsp3) is 0.0175. The van der Waals surface area contributed by atoms with Crippen LogP contribution in [0, 0.1) is 0 Å². The third-order valence-electron chi connectivity index (χ3n) is 12.1. The molecule has 10 aromatic carbocycles. The minimum Gasteiger partial charge on any atom is -0.455 e. The maximum absolute atomic E-state index is 6.67. The summed E-state index contributed by atoms with van der Waals surface area (Å²) < 4.78 is 6.67. The highest BCUT2D eigenvalue weighted by molar-refractivity contribution is 6.22. The largest absolute Gasteiger partial charge is 0.455 e. The van der Waals surface area contributed by atoms with Crippen LogP contribution in [0.5, 0.6) is 0 Å². The molecule has 12 rings (SSSR count). The van der Waals surface area contributed by atoms with Crippen molar-refractivity contribution in [1.82, 2.24) is 5.32 Å². The predicted molar refractivity (Wildman–Crippen MR) is 254 cm³/mol. The van der Waals surface area contributed by atoms with Crippen LogP contribution in [0.1, 0.15) is 22.9 Å². The maximum atomic E-state index is 6.67. The van der Waals surface area contributed by atoms with Gasteiger partial charge in [0.05, 0.1) is 0 Å². The Morgan fingerprint density at radius 1 is 0.393 bits per heavy atom. The van der Waals surface area contributed by atoms with E-state index in [1.165, 1.54) is 54.9 Å². The predicted octanol–water partition coefficient (Wildman–Crippen LogP) is 14.5. The van der Waals surface area contributed by atoms with E-state index in [9.17, 15) is 0 Å². The highest BCUT2D eigenvalue weighted by atomic mass is 16.3. The van der Waals surface area contributed by atoms with E-state index in [1.807, 2.05) is 36.4 Å². The van der Waals surface area contributed by atoms with Crippen molar-refractivity contribution in [2.24, 2.45) is 9.98 Å². The van der Waals surface area contributed by atoms with E-state index in [0.717, 1.165) is 61.1 Å². The molecule has 1 aliphatic rings. The van der Waals surface area contributed by atoms with Crippen molar-refractivity contribution in [2.75, 3.05) is 0 Å². The van der Waals surface area contributed by atoms with Crippen LogP contribution in [0.4, 0.5) is 0 Å². The number of aliphatic imine (C=N–C) groups is 2. The third-order valence-corrected chi connectivity index (χ3v) is 12.1. The second-order valence-electron chi connectivity index (χ2n) is 15.8. The van der Waals surface area contributed by atoms with Crippen molar-refractivity contribution < 1.29 is 4.42 Å². The molecule has 0 amide bonds. The molecule has 11 aromatic rings. The van der Waals surface area contributed by atoms with Crippen LogP contribution in [0.25, 0.3) is 87.6 Å². The molecule has 0 bridgehead atoms. The van der Waals surface area contributed by atoms with E-state index in [4.69, 9.17) is 14.4 Å². The number of furan rings is 1. The van der Waals surface area contributed by atoms with Gasteiger partial charge in [-0.1, -0.05) is 176 Å². The quantitative estimate of drug-likeness (QED) is 0.183. The second kappa shape index (κ2) is 14.3. The summed E-state index contributed by atoms with van der Waals surface area (Å²) in [6, 6.07) is 75.4. The minimum absolute atomic E-state index is 0.237. The molecule has 0 spiro atoms. The number of fused-ring (bicyclic) bond motifs is 7. The lowest BCUT2D eigenvalue weighted by atomic mass is 9.92. The lowest BCUT2D eigenvalue weighted by Crippen LogP contribution is -2.33. The van der Waals surface area contributed by atoms with Gasteiger partial charge < -0.3 is 9.73 Å².